The van der Waals surface area contributed by atoms with Crippen molar-refractivity contribution >= 4 is 14.3 Å². The summed E-state index contributed by atoms with van der Waals surface area (Å²) >= 11 is 0. The molecule has 0 rings (SSSR count). The van der Waals surface area contributed by atoms with Crippen LogP contribution in [-0.2, 0) is 14.0 Å². The molecule has 0 saturated heterocycles. The van der Waals surface area contributed by atoms with Crippen molar-refractivity contribution in [3.63, 3.8) is 0 Å². The van der Waals surface area contributed by atoms with Gasteiger partial charge in [-0.15, -0.1) is 0 Å². The summed E-state index contributed by atoms with van der Waals surface area (Å²) in [4.78, 5) is 11.4. The van der Waals surface area contributed by atoms with Gasteiger partial charge in [-0.05, 0) is 26.1 Å². The summed E-state index contributed by atoms with van der Waals surface area (Å²) < 4.78 is 10.3. The minimum atomic E-state index is -1.87. The van der Waals surface area contributed by atoms with E-state index in [1.54, 1.807) is 0 Å². The monoisotopic (exact) mass is 229 g/mol. The normalized spacial score (nSPS) is 13.0. The molecular formula is C10H19NO3Si. The van der Waals surface area contributed by atoms with Gasteiger partial charge in [-0.1, -0.05) is 13.3 Å². The minimum Gasteiger partial charge on any atom is -0.463 e. The molecule has 0 radical (unpaired) electrons. The van der Waals surface area contributed by atoms with Crippen LogP contribution in [0.4, 0.5) is 0 Å². The fourth-order valence-corrected chi connectivity index (χ4v) is 1.73. The van der Waals surface area contributed by atoms with E-state index in [0.29, 0.717) is 6.61 Å². The van der Waals surface area contributed by atoms with Crippen LogP contribution in [0.25, 0.3) is 0 Å². The molecule has 0 aliphatic rings. The van der Waals surface area contributed by atoms with Gasteiger partial charge < -0.3 is 9.16 Å². The Bertz CT molecular complexity index is 242. The van der Waals surface area contributed by atoms with Crippen LogP contribution in [0, 0.1) is 11.3 Å². The first-order valence-corrected chi connectivity index (χ1v) is 8.55. The van der Waals surface area contributed by atoms with Gasteiger partial charge in [0.15, 0.2) is 8.32 Å². The molecule has 15 heavy (non-hydrogen) atoms. The van der Waals surface area contributed by atoms with E-state index in [9.17, 15) is 4.79 Å². The quantitative estimate of drug-likeness (QED) is 0.397. The third kappa shape index (κ3) is 7.11. The van der Waals surface area contributed by atoms with E-state index in [4.69, 9.17) is 14.4 Å². The van der Waals surface area contributed by atoms with E-state index in [1.165, 1.54) is 0 Å². The Kier molecular flexibility index (Phi) is 6.21. The molecular weight excluding hydrogens is 210 g/mol. The zero-order valence-electron chi connectivity index (χ0n) is 9.87. The molecule has 0 aromatic carbocycles. The Morgan fingerprint density at radius 3 is 2.47 bits per heavy atom. The summed E-state index contributed by atoms with van der Waals surface area (Å²) in [5, 5.41) is 8.76. The summed E-state index contributed by atoms with van der Waals surface area (Å²) in [5.74, 6) is -0.562. The van der Waals surface area contributed by atoms with Gasteiger partial charge in [-0.2, -0.15) is 5.26 Å². The third-order valence-corrected chi connectivity index (χ3v) is 2.49. The molecule has 0 heterocycles. The van der Waals surface area contributed by atoms with Crippen LogP contribution in [-0.4, -0.2) is 27.0 Å². The SMILES string of the molecule is CCCCOC(=O)C(C#N)O[Si](C)(C)C. The summed E-state index contributed by atoms with van der Waals surface area (Å²) in [6, 6.07) is 1.82. The number of carbonyl (C=O) groups excluding carboxylic acids is 1. The highest BCUT2D eigenvalue weighted by Gasteiger charge is 2.27. The maximum absolute atomic E-state index is 11.4. The first-order chi connectivity index (χ1) is 6.90. The first-order valence-electron chi connectivity index (χ1n) is 5.14. The summed E-state index contributed by atoms with van der Waals surface area (Å²) in [6.45, 7) is 8.15. The highest BCUT2D eigenvalue weighted by atomic mass is 28.4. The Morgan fingerprint density at radius 2 is 2.07 bits per heavy atom. The number of hydrogen-bond donors (Lipinski definition) is 0. The Hall–Kier alpha value is -0.863. The molecule has 5 heteroatoms. The van der Waals surface area contributed by atoms with Crippen LogP contribution in [0.1, 0.15) is 19.8 Å². The lowest BCUT2D eigenvalue weighted by Gasteiger charge is -2.20. The Labute approximate surface area is 92.3 Å². The van der Waals surface area contributed by atoms with Gasteiger partial charge in [0.1, 0.15) is 6.07 Å². The zero-order chi connectivity index (χ0) is 11.9. The average Bonchev–Trinajstić information content (AvgIpc) is 2.13. The summed E-state index contributed by atoms with van der Waals surface area (Å²) in [6.07, 6.45) is 0.712. The van der Waals surface area contributed by atoms with Gasteiger partial charge in [-0.25, -0.2) is 4.79 Å². The van der Waals surface area contributed by atoms with E-state index >= 15 is 0 Å². The van der Waals surface area contributed by atoms with Gasteiger partial charge in [0, 0.05) is 0 Å². The predicted octanol–water partition coefficient (Wildman–Crippen LogP) is 2.07. The maximum Gasteiger partial charge on any atom is 0.349 e. The molecule has 1 atom stereocenters. The smallest absolute Gasteiger partial charge is 0.349 e. The van der Waals surface area contributed by atoms with Crippen molar-refractivity contribution in [1.82, 2.24) is 0 Å². The fourth-order valence-electron chi connectivity index (χ4n) is 0.874. The fraction of sp³-hybridized carbons (Fsp3) is 0.800. The minimum absolute atomic E-state index is 0.364. The standard InChI is InChI=1S/C10H19NO3Si/c1-5-6-7-13-10(12)9(8-11)14-15(2,3)4/h9H,5-7H2,1-4H3. The number of nitriles is 1. The lowest BCUT2D eigenvalue weighted by atomic mass is 10.3. The van der Waals surface area contributed by atoms with Crippen LogP contribution in [0.5, 0.6) is 0 Å². The molecule has 0 fully saturated rings. The van der Waals surface area contributed by atoms with Crippen molar-refractivity contribution in [3.05, 3.63) is 0 Å². The topological polar surface area (TPSA) is 59.3 Å². The largest absolute Gasteiger partial charge is 0.463 e. The van der Waals surface area contributed by atoms with Crippen LogP contribution in [0.15, 0.2) is 0 Å². The van der Waals surface area contributed by atoms with Crippen molar-refractivity contribution in [3.8, 4) is 6.07 Å². The van der Waals surface area contributed by atoms with E-state index in [1.807, 2.05) is 32.6 Å². The summed E-state index contributed by atoms with van der Waals surface area (Å²) in [5.41, 5.74) is 0. The molecule has 86 valence electrons. The predicted molar refractivity (Wildman–Crippen MR) is 59.7 cm³/mol. The van der Waals surface area contributed by atoms with Gasteiger partial charge in [-0.3, -0.25) is 0 Å². The van der Waals surface area contributed by atoms with Crippen molar-refractivity contribution < 1.29 is 14.0 Å². The molecule has 0 amide bonds. The van der Waals surface area contributed by atoms with Crippen molar-refractivity contribution in [2.24, 2.45) is 0 Å². The number of carbonyl (C=O) groups is 1. The summed E-state index contributed by atoms with van der Waals surface area (Å²) in [7, 11) is -1.87. The second-order valence-electron chi connectivity index (χ2n) is 4.26. The second kappa shape index (κ2) is 6.59. The van der Waals surface area contributed by atoms with Gasteiger partial charge in [0.05, 0.1) is 6.61 Å². The molecule has 0 bridgehead atoms. The first kappa shape index (κ1) is 14.1. The van der Waals surface area contributed by atoms with Crippen molar-refractivity contribution in [2.75, 3.05) is 6.61 Å². The molecule has 0 saturated carbocycles. The molecule has 0 aliphatic carbocycles. The molecule has 0 spiro atoms. The van der Waals surface area contributed by atoms with Crippen LogP contribution in [0.2, 0.25) is 19.6 Å². The molecule has 0 aromatic heterocycles. The number of ether oxygens (including phenoxy) is 1. The molecule has 0 aromatic rings. The number of nitrogens with zero attached hydrogens (tertiary/aromatic N) is 1. The van der Waals surface area contributed by atoms with E-state index in [2.05, 4.69) is 0 Å². The number of esters is 1. The lowest BCUT2D eigenvalue weighted by Crippen LogP contribution is -2.36. The van der Waals surface area contributed by atoms with Crippen molar-refractivity contribution in [1.29, 1.82) is 5.26 Å². The van der Waals surface area contributed by atoms with Gasteiger partial charge >= 0.3 is 5.97 Å². The zero-order valence-corrected chi connectivity index (χ0v) is 10.9. The van der Waals surface area contributed by atoms with Crippen LogP contribution >= 0.6 is 0 Å². The maximum atomic E-state index is 11.4. The lowest BCUT2D eigenvalue weighted by molar-refractivity contribution is -0.149. The van der Waals surface area contributed by atoms with E-state index in [0.717, 1.165) is 12.8 Å². The molecule has 1 unspecified atom stereocenters. The number of rotatable bonds is 6. The Balaban J connectivity index is 4.07. The second-order valence-corrected chi connectivity index (χ2v) is 8.72. The average molecular weight is 229 g/mol. The molecule has 0 N–H and O–H groups in total. The number of unbranched alkanes of at least 4 members (excludes halogenated alkanes) is 1. The third-order valence-electron chi connectivity index (χ3n) is 1.54. The van der Waals surface area contributed by atoms with Gasteiger partial charge in [0.25, 0.3) is 0 Å². The van der Waals surface area contributed by atoms with Gasteiger partial charge in [0.2, 0.25) is 6.10 Å². The highest BCUT2D eigenvalue weighted by Crippen LogP contribution is 2.08. The van der Waals surface area contributed by atoms with E-state index in [-0.39, 0.29) is 0 Å². The van der Waals surface area contributed by atoms with Crippen LogP contribution in [0.3, 0.4) is 0 Å². The van der Waals surface area contributed by atoms with E-state index < -0.39 is 20.4 Å². The molecule has 0 aliphatic heterocycles. The molecule has 4 nitrogen and oxygen atoms in total. The van der Waals surface area contributed by atoms with Crippen LogP contribution < -0.4 is 0 Å². The Morgan fingerprint density at radius 1 is 1.47 bits per heavy atom. The van der Waals surface area contributed by atoms with Crippen molar-refractivity contribution in [2.45, 2.75) is 45.5 Å². The highest BCUT2D eigenvalue weighted by molar-refractivity contribution is 6.69. The number of hydrogen-bond acceptors (Lipinski definition) is 4.